The van der Waals surface area contributed by atoms with Gasteiger partial charge in [-0.15, -0.1) is 11.8 Å². The lowest BCUT2D eigenvalue weighted by molar-refractivity contribution is -0.130. The van der Waals surface area contributed by atoms with E-state index in [2.05, 4.69) is 5.32 Å². The molecule has 0 unspecified atom stereocenters. The Labute approximate surface area is 116 Å². The Bertz CT molecular complexity index is 491. The Hall–Kier alpha value is -1.69. The van der Waals surface area contributed by atoms with Gasteiger partial charge in [0.2, 0.25) is 11.8 Å². The Kier molecular flexibility index (Phi) is 4.31. The van der Waals surface area contributed by atoms with Gasteiger partial charge in [-0.05, 0) is 12.1 Å². The number of thioether (sulfide) groups is 1. The summed E-state index contributed by atoms with van der Waals surface area (Å²) in [5.41, 5.74) is 1.70. The van der Waals surface area contributed by atoms with Crippen LogP contribution in [-0.2, 0) is 9.59 Å². The molecule has 0 spiro atoms. The lowest BCUT2D eigenvalue weighted by Gasteiger charge is -2.19. The summed E-state index contributed by atoms with van der Waals surface area (Å²) in [7, 11) is 3.84. The first-order chi connectivity index (χ1) is 9.08. The predicted molar refractivity (Wildman–Crippen MR) is 78.4 cm³/mol. The topological polar surface area (TPSA) is 52.7 Å². The van der Waals surface area contributed by atoms with E-state index in [9.17, 15) is 9.59 Å². The first-order valence-corrected chi connectivity index (χ1v) is 7.15. The largest absolute Gasteiger partial charge is 0.376 e. The molecule has 0 saturated carbocycles. The van der Waals surface area contributed by atoms with E-state index in [-0.39, 0.29) is 18.4 Å². The van der Waals surface area contributed by atoms with Crippen LogP contribution in [0.4, 0.5) is 11.4 Å². The molecular formula is C13H17N3O2S. The fraction of sp³-hybridized carbons (Fsp3) is 0.385. The molecule has 0 aliphatic carbocycles. The summed E-state index contributed by atoms with van der Waals surface area (Å²) in [5, 5.41) is 2.86. The maximum Gasteiger partial charge on any atom is 0.244 e. The number of hydrogen-bond donors (Lipinski definition) is 1. The summed E-state index contributed by atoms with van der Waals surface area (Å²) in [6, 6.07) is 7.59. The number of rotatable bonds is 4. The SMILES string of the molecule is CN(C)c1ccccc1NC(=O)CN1CSCC1=O. The molecule has 5 nitrogen and oxygen atoms in total. The van der Waals surface area contributed by atoms with Gasteiger partial charge in [0, 0.05) is 14.1 Å². The molecule has 0 bridgehead atoms. The summed E-state index contributed by atoms with van der Waals surface area (Å²) in [5.74, 6) is 0.939. The number of benzene rings is 1. The maximum absolute atomic E-state index is 12.0. The highest BCUT2D eigenvalue weighted by Gasteiger charge is 2.23. The molecule has 1 saturated heterocycles. The van der Waals surface area contributed by atoms with E-state index in [0.29, 0.717) is 11.6 Å². The third-order valence-electron chi connectivity index (χ3n) is 2.82. The van der Waals surface area contributed by atoms with E-state index in [1.54, 1.807) is 4.90 Å². The van der Waals surface area contributed by atoms with Crippen molar-refractivity contribution in [2.45, 2.75) is 0 Å². The molecule has 19 heavy (non-hydrogen) atoms. The van der Waals surface area contributed by atoms with E-state index >= 15 is 0 Å². The van der Waals surface area contributed by atoms with Crippen LogP contribution in [0.5, 0.6) is 0 Å². The van der Waals surface area contributed by atoms with Crippen LogP contribution in [0.25, 0.3) is 0 Å². The van der Waals surface area contributed by atoms with Crippen LogP contribution in [0.3, 0.4) is 0 Å². The van der Waals surface area contributed by atoms with Crippen molar-refractivity contribution in [1.82, 2.24) is 4.90 Å². The van der Waals surface area contributed by atoms with Crippen LogP contribution < -0.4 is 10.2 Å². The summed E-state index contributed by atoms with van der Waals surface area (Å²) in [4.78, 5) is 26.9. The van der Waals surface area contributed by atoms with Crippen molar-refractivity contribution in [3.8, 4) is 0 Å². The second-order valence-electron chi connectivity index (χ2n) is 4.53. The lowest BCUT2D eigenvalue weighted by Crippen LogP contribution is -2.34. The normalized spacial score (nSPS) is 14.6. The molecule has 1 aliphatic heterocycles. The molecule has 1 heterocycles. The van der Waals surface area contributed by atoms with Gasteiger partial charge in [-0.3, -0.25) is 9.59 Å². The van der Waals surface area contributed by atoms with E-state index in [1.165, 1.54) is 11.8 Å². The zero-order chi connectivity index (χ0) is 13.8. The average molecular weight is 279 g/mol. The zero-order valence-corrected chi connectivity index (χ0v) is 11.9. The van der Waals surface area contributed by atoms with Gasteiger partial charge in [-0.2, -0.15) is 0 Å². The number of nitrogens with one attached hydrogen (secondary N) is 1. The molecule has 0 aromatic heterocycles. The fourth-order valence-corrected chi connectivity index (χ4v) is 2.78. The van der Waals surface area contributed by atoms with Crippen LogP contribution in [0, 0.1) is 0 Å². The highest BCUT2D eigenvalue weighted by Crippen LogP contribution is 2.23. The lowest BCUT2D eigenvalue weighted by atomic mass is 10.2. The molecule has 0 radical (unpaired) electrons. The number of hydrogen-bond acceptors (Lipinski definition) is 4. The first-order valence-electron chi connectivity index (χ1n) is 5.99. The van der Waals surface area contributed by atoms with Gasteiger partial charge in [0.05, 0.1) is 23.0 Å². The quantitative estimate of drug-likeness (QED) is 0.900. The molecule has 6 heteroatoms. The van der Waals surface area contributed by atoms with E-state index < -0.39 is 0 Å². The minimum absolute atomic E-state index is 0.0287. The molecule has 1 aromatic carbocycles. The highest BCUT2D eigenvalue weighted by atomic mass is 32.2. The van der Waals surface area contributed by atoms with E-state index in [1.807, 2.05) is 43.3 Å². The Morgan fingerprint density at radius 3 is 2.79 bits per heavy atom. The van der Waals surface area contributed by atoms with Crippen molar-refractivity contribution >= 4 is 35.0 Å². The number of nitrogens with zero attached hydrogens (tertiary/aromatic N) is 2. The van der Waals surface area contributed by atoms with Crippen LogP contribution in [-0.4, -0.2) is 49.0 Å². The standard InChI is InChI=1S/C13H17N3O2S/c1-15(2)11-6-4-3-5-10(11)14-12(17)7-16-9-19-8-13(16)18/h3-6H,7-9H2,1-2H3,(H,14,17). The highest BCUT2D eigenvalue weighted by molar-refractivity contribution is 8.00. The summed E-state index contributed by atoms with van der Waals surface area (Å²) < 4.78 is 0. The minimum atomic E-state index is -0.162. The van der Waals surface area contributed by atoms with Crippen molar-refractivity contribution < 1.29 is 9.59 Å². The van der Waals surface area contributed by atoms with Crippen LogP contribution >= 0.6 is 11.8 Å². The Morgan fingerprint density at radius 1 is 1.42 bits per heavy atom. The summed E-state index contributed by atoms with van der Waals surface area (Å²) in [6.07, 6.45) is 0. The monoisotopic (exact) mass is 279 g/mol. The molecule has 1 N–H and O–H groups in total. The predicted octanol–water partition coefficient (Wildman–Crippen LogP) is 1.22. The number of para-hydroxylation sites is 2. The van der Waals surface area contributed by atoms with Crippen molar-refractivity contribution in [2.75, 3.05) is 42.5 Å². The van der Waals surface area contributed by atoms with Gasteiger partial charge in [0.15, 0.2) is 0 Å². The molecule has 2 amide bonds. The molecule has 2 rings (SSSR count). The maximum atomic E-state index is 12.0. The molecule has 1 aliphatic rings. The van der Waals surface area contributed by atoms with Gasteiger partial charge >= 0.3 is 0 Å². The fourth-order valence-electron chi connectivity index (χ4n) is 1.87. The third kappa shape index (κ3) is 3.41. The van der Waals surface area contributed by atoms with Gasteiger partial charge in [0.25, 0.3) is 0 Å². The van der Waals surface area contributed by atoms with Crippen LogP contribution in [0.15, 0.2) is 24.3 Å². The van der Waals surface area contributed by atoms with E-state index in [4.69, 9.17) is 0 Å². The van der Waals surface area contributed by atoms with Crippen molar-refractivity contribution in [3.63, 3.8) is 0 Å². The Morgan fingerprint density at radius 2 is 2.16 bits per heavy atom. The van der Waals surface area contributed by atoms with Gasteiger partial charge in [-0.25, -0.2) is 0 Å². The molecule has 102 valence electrons. The summed E-state index contributed by atoms with van der Waals surface area (Å²) >= 11 is 1.53. The second-order valence-corrected chi connectivity index (χ2v) is 5.48. The summed E-state index contributed by atoms with van der Waals surface area (Å²) in [6.45, 7) is 0.119. The van der Waals surface area contributed by atoms with Gasteiger partial charge < -0.3 is 15.1 Å². The molecule has 1 aromatic rings. The smallest absolute Gasteiger partial charge is 0.244 e. The van der Waals surface area contributed by atoms with Crippen LogP contribution in [0.1, 0.15) is 0 Å². The molecule has 0 atom stereocenters. The van der Waals surface area contributed by atoms with Gasteiger partial charge in [-0.1, -0.05) is 12.1 Å². The van der Waals surface area contributed by atoms with E-state index in [0.717, 1.165) is 11.4 Å². The zero-order valence-electron chi connectivity index (χ0n) is 11.0. The number of carbonyl (C=O) groups is 2. The van der Waals surface area contributed by atoms with Crippen LogP contribution in [0.2, 0.25) is 0 Å². The van der Waals surface area contributed by atoms with Gasteiger partial charge in [0.1, 0.15) is 6.54 Å². The number of amides is 2. The molecular weight excluding hydrogens is 262 g/mol. The third-order valence-corrected chi connectivity index (χ3v) is 3.77. The van der Waals surface area contributed by atoms with Crippen molar-refractivity contribution in [3.05, 3.63) is 24.3 Å². The van der Waals surface area contributed by atoms with Crippen molar-refractivity contribution in [2.24, 2.45) is 0 Å². The molecule has 1 fully saturated rings. The minimum Gasteiger partial charge on any atom is -0.376 e. The number of anilines is 2. The van der Waals surface area contributed by atoms with Crippen molar-refractivity contribution in [1.29, 1.82) is 0 Å². The average Bonchev–Trinajstić information content (AvgIpc) is 2.75. The second kappa shape index (κ2) is 5.97. The number of carbonyl (C=O) groups excluding carboxylic acids is 2. The Balaban J connectivity index is 2.01. The first kappa shape index (κ1) is 13.7.